The fourth-order valence-electron chi connectivity index (χ4n) is 2.11. The summed E-state index contributed by atoms with van der Waals surface area (Å²) in [6.45, 7) is 0. The van der Waals surface area contributed by atoms with Gasteiger partial charge >= 0.3 is 0 Å². The highest BCUT2D eigenvalue weighted by Crippen LogP contribution is 2.16. The van der Waals surface area contributed by atoms with Gasteiger partial charge < -0.3 is 10.2 Å². The minimum absolute atomic E-state index is 0.149. The van der Waals surface area contributed by atoms with Crippen molar-refractivity contribution in [1.82, 2.24) is 20.2 Å². The maximum absolute atomic E-state index is 12.3. The van der Waals surface area contributed by atoms with E-state index in [0.29, 0.717) is 11.3 Å². The molecule has 0 fully saturated rings. The van der Waals surface area contributed by atoms with Gasteiger partial charge in [-0.2, -0.15) is 0 Å². The molecule has 116 valence electrons. The monoisotopic (exact) mass is 308 g/mol. The Morgan fingerprint density at radius 1 is 1.13 bits per heavy atom. The average Bonchev–Trinajstić information content (AvgIpc) is 3.10. The summed E-state index contributed by atoms with van der Waals surface area (Å²) in [4.78, 5) is 14.3. The highest BCUT2D eigenvalue weighted by atomic mass is 16.1. The molecular weight excluding hydrogens is 292 g/mol. The van der Waals surface area contributed by atoms with Gasteiger partial charge in [0.15, 0.2) is 0 Å². The molecule has 0 aliphatic carbocycles. The Kier molecular flexibility index (Phi) is 4.01. The van der Waals surface area contributed by atoms with E-state index in [2.05, 4.69) is 20.8 Å². The minimum atomic E-state index is -0.149. The number of amides is 1. The molecule has 23 heavy (non-hydrogen) atoms. The largest absolute Gasteiger partial charge is 0.378 e. The van der Waals surface area contributed by atoms with Crippen LogP contribution in [0.5, 0.6) is 0 Å². The van der Waals surface area contributed by atoms with Crippen LogP contribution in [0.15, 0.2) is 54.9 Å². The fourth-order valence-corrected chi connectivity index (χ4v) is 2.11. The van der Waals surface area contributed by atoms with Gasteiger partial charge in [0, 0.05) is 31.0 Å². The highest BCUT2D eigenvalue weighted by molar-refractivity contribution is 6.04. The number of rotatable bonds is 4. The third kappa shape index (κ3) is 3.34. The predicted molar refractivity (Wildman–Crippen MR) is 87.9 cm³/mol. The van der Waals surface area contributed by atoms with Crippen LogP contribution in [0.1, 0.15) is 10.4 Å². The zero-order valence-corrected chi connectivity index (χ0v) is 12.8. The first-order valence-electron chi connectivity index (χ1n) is 7.05. The Labute approximate surface area is 133 Å². The van der Waals surface area contributed by atoms with Crippen LogP contribution in [0.25, 0.3) is 5.69 Å². The van der Waals surface area contributed by atoms with Crippen LogP contribution in [0.3, 0.4) is 0 Å². The van der Waals surface area contributed by atoms with Crippen LogP contribution in [0, 0.1) is 0 Å². The van der Waals surface area contributed by atoms with Gasteiger partial charge in [-0.3, -0.25) is 4.79 Å². The summed E-state index contributed by atoms with van der Waals surface area (Å²) in [6, 6.07) is 14.8. The topological polar surface area (TPSA) is 75.9 Å². The van der Waals surface area contributed by atoms with E-state index < -0.39 is 0 Å². The molecule has 0 saturated carbocycles. The maximum atomic E-state index is 12.3. The van der Waals surface area contributed by atoms with Crippen LogP contribution in [0.2, 0.25) is 0 Å². The first kappa shape index (κ1) is 14.7. The van der Waals surface area contributed by atoms with Crippen LogP contribution in [-0.2, 0) is 0 Å². The predicted octanol–water partition coefficient (Wildman–Crippen LogP) is 1.98. The highest BCUT2D eigenvalue weighted by Gasteiger charge is 2.08. The van der Waals surface area contributed by atoms with E-state index in [0.717, 1.165) is 11.4 Å². The Morgan fingerprint density at radius 3 is 2.57 bits per heavy atom. The number of tetrazole rings is 1. The van der Waals surface area contributed by atoms with E-state index in [1.54, 1.807) is 10.7 Å². The van der Waals surface area contributed by atoms with Crippen molar-refractivity contribution in [2.24, 2.45) is 0 Å². The Morgan fingerprint density at radius 2 is 1.91 bits per heavy atom. The molecule has 3 aromatic rings. The van der Waals surface area contributed by atoms with E-state index in [1.807, 2.05) is 61.5 Å². The van der Waals surface area contributed by atoms with Crippen molar-refractivity contribution >= 4 is 17.3 Å². The van der Waals surface area contributed by atoms with E-state index in [4.69, 9.17) is 0 Å². The van der Waals surface area contributed by atoms with Gasteiger partial charge in [-0.25, -0.2) is 4.68 Å². The number of carbonyl (C=O) groups is 1. The number of aromatic nitrogens is 4. The molecule has 1 aromatic heterocycles. The summed E-state index contributed by atoms with van der Waals surface area (Å²) in [5.41, 5.74) is 3.12. The number of benzene rings is 2. The van der Waals surface area contributed by atoms with Gasteiger partial charge in [-0.1, -0.05) is 6.07 Å². The van der Waals surface area contributed by atoms with Crippen LogP contribution in [0.4, 0.5) is 11.4 Å². The number of hydrogen-bond donors (Lipinski definition) is 1. The average molecular weight is 308 g/mol. The molecular formula is C16H16N6O. The molecule has 0 bridgehead atoms. The summed E-state index contributed by atoms with van der Waals surface area (Å²) in [5, 5.41) is 13.9. The van der Waals surface area contributed by atoms with Crippen molar-refractivity contribution in [3.05, 3.63) is 60.4 Å². The molecule has 1 heterocycles. The third-order valence-corrected chi connectivity index (χ3v) is 3.36. The lowest BCUT2D eigenvalue weighted by molar-refractivity contribution is 0.102. The van der Waals surface area contributed by atoms with Crippen LogP contribution in [-0.4, -0.2) is 40.2 Å². The van der Waals surface area contributed by atoms with Crippen molar-refractivity contribution in [1.29, 1.82) is 0 Å². The second-order valence-corrected chi connectivity index (χ2v) is 5.20. The summed E-state index contributed by atoms with van der Waals surface area (Å²) < 4.78 is 1.55. The lowest BCUT2D eigenvalue weighted by Crippen LogP contribution is -2.14. The molecule has 7 heteroatoms. The third-order valence-electron chi connectivity index (χ3n) is 3.36. The lowest BCUT2D eigenvalue weighted by Gasteiger charge is -2.13. The number of hydrogen-bond acceptors (Lipinski definition) is 5. The van der Waals surface area contributed by atoms with E-state index in [9.17, 15) is 4.79 Å². The number of carbonyl (C=O) groups excluding carboxylic acids is 1. The van der Waals surface area contributed by atoms with E-state index in [1.165, 1.54) is 6.33 Å². The molecule has 1 N–H and O–H groups in total. The smallest absolute Gasteiger partial charge is 0.255 e. The van der Waals surface area contributed by atoms with Crippen molar-refractivity contribution in [3.8, 4) is 5.69 Å². The molecule has 3 rings (SSSR count). The van der Waals surface area contributed by atoms with Gasteiger partial charge in [0.1, 0.15) is 6.33 Å². The van der Waals surface area contributed by atoms with Gasteiger partial charge in [0.05, 0.1) is 5.69 Å². The fraction of sp³-hybridized carbons (Fsp3) is 0.125. The number of nitrogens with one attached hydrogen (secondary N) is 1. The Bertz CT molecular complexity index is 796. The van der Waals surface area contributed by atoms with Crippen LogP contribution < -0.4 is 10.2 Å². The molecule has 2 aromatic carbocycles. The second kappa shape index (κ2) is 6.27. The molecule has 0 saturated heterocycles. The second-order valence-electron chi connectivity index (χ2n) is 5.20. The maximum Gasteiger partial charge on any atom is 0.255 e. The van der Waals surface area contributed by atoms with Crippen LogP contribution >= 0.6 is 0 Å². The standard InChI is InChI=1S/C16H16N6O/c1-21(2)15-5-3-4-12(10-15)16(23)18-13-6-8-14(9-7-13)22-11-17-19-20-22/h3-11H,1-2H3,(H,18,23). The molecule has 0 unspecified atom stereocenters. The molecule has 0 radical (unpaired) electrons. The molecule has 0 spiro atoms. The first-order chi connectivity index (χ1) is 11.1. The Balaban J connectivity index is 1.74. The van der Waals surface area contributed by atoms with Gasteiger partial charge in [0.25, 0.3) is 5.91 Å². The molecule has 0 aliphatic heterocycles. The summed E-state index contributed by atoms with van der Waals surface area (Å²) >= 11 is 0. The summed E-state index contributed by atoms with van der Waals surface area (Å²) in [6.07, 6.45) is 1.51. The van der Waals surface area contributed by atoms with Crippen molar-refractivity contribution in [2.75, 3.05) is 24.3 Å². The zero-order valence-electron chi connectivity index (χ0n) is 12.8. The number of anilines is 2. The first-order valence-corrected chi connectivity index (χ1v) is 7.05. The van der Waals surface area contributed by atoms with Crippen molar-refractivity contribution < 1.29 is 4.79 Å². The molecule has 0 atom stereocenters. The normalized spacial score (nSPS) is 10.3. The van der Waals surface area contributed by atoms with E-state index in [-0.39, 0.29) is 5.91 Å². The molecule has 0 aliphatic rings. The van der Waals surface area contributed by atoms with Crippen molar-refractivity contribution in [3.63, 3.8) is 0 Å². The van der Waals surface area contributed by atoms with E-state index >= 15 is 0 Å². The SMILES string of the molecule is CN(C)c1cccc(C(=O)Nc2ccc(-n3cnnn3)cc2)c1. The zero-order chi connectivity index (χ0) is 16.2. The minimum Gasteiger partial charge on any atom is -0.378 e. The van der Waals surface area contributed by atoms with Gasteiger partial charge in [-0.05, 0) is 52.9 Å². The summed E-state index contributed by atoms with van der Waals surface area (Å²) in [7, 11) is 3.88. The quantitative estimate of drug-likeness (QED) is 0.797. The van der Waals surface area contributed by atoms with Gasteiger partial charge in [0.2, 0.25) is 0 Å². The van der Waals surface area contributed by atoms with Gasteiger partial charge in [-0.15, -0.1) is 5.10 Å². The lowest BCUT2D eigenvalue weighted by atomic mass is 10.1. The molecule has 1 amide bonds. The molecule has 7 nitrogen and oxygen atoms in total. The van der Waals surface area contributed by atoms with Crippen molar-refractivity contribution in [2.45, 2.75) is 0 Å². The Hall–Kier alpha value is -3.22. The summed E-state index contributed by atoms with van der Waals surface area (Å²) in [5.74, 6) is -0.149. The number of nitrogens with zero attached hydrogens (tertiary/aromatic N) is 5.